The van der Waals surface area contributed by atoms with Crippen LogP contribution in [0.15, 0.2) is 30.3 Å². The van der Waals surface area contributed by atoms with Crippen LogP contribution in [0.1, 0.15) is 36.5 Å². The summed E-state index contributed by atoms with van der Waals surface area (Å²) in [6, 6.07) is 8.94. The van der Waals surface area contributed by atoms with Crippen molar-refractivity contribution in [3.05, 3.63) is 35.9 Å². The first-order chi connectivity index (χ1) is 11.1. The molecule has 122 valence electrons. The van der Waals surface area contributed by atoms with Crippen molar-refractivity contribution in [1.29, 1.82) is 0 Å². The van der Waals surface area contributed by atoms with Crippen molar-refractivity contribution < 1.29 is 19.2 Å². The maximum atomic E-state index is 12.5. The zero-order chi connectivity index (χ0) is 16.1. The van der Waals surface area contributed by atoms with Gasteiger partial charge in [0.05, 0.1) is 24.1 Å². The summed E-state index contributed by atoms with van der Waals surface area (Å²) in [6.45, 7) is 3.32. The molecule has 1 saturated heterocycles. The molecule has 0 bridgehead atoms. The molecule has 1 heterocycles. The lowest BCUT2D eigenvalue weighted by Gasteiger charge is -2.49. The van der Waals surface area contributed by atoms with Gasteiger partial charge in [-0.1, -0.05) is 18.2 Å². The summed E-state index contributed by atoms with van der Waals surface area (Å²) < 4.78 is 5.30. The standard InChI is InChI=1S/C18H21NO4/c1-2-22-16(21)18-11-17(8-9-17)14(18)10-19(12-18)23-15(20)13-6-4-3-5-7-13/h3-7,14H,2,8-12H2,1H3/t14-,18+/m0/s1. The van der Waals surface area contributed by atoms with Gasteiger partial charge in [-0.05, 0) is 49.7 Å². The van der Waals surface area contributed by atoms with Crippen LogP contribution in [0.3, 0.4) is 0 Å². The Morgan fingerprint density at radius 3 is 2.65 bits per heavy atom. The van der Waals surface area contributed by atoms with Crippen LogP contribution in [0.2, 0.25) is 0 Å². The van der Waals surface area contributed by atoms with E-state index in [9.17, 15) is 9.59 Å². The second-order valence-corrected chi connectivity index (χ2v) is 7.04. The lowest BCUT2D eigenvalue weighted by molar-refractivity contribution is -0.173. The highest BCUT2D eigenvalue weighted by Gasteiger charge is 2.75. The molecule has 2 atom stereocenters. The third kappa shape index (κ3) is 2.17. The van der Waals surface area contributed by atoms with Gasteiger partial charge in [0.15, 0.2) is 0 Å². The van der Waals surface area contributed by atoms with Crippen molar-refractivity contribution in [3.8, 4) is 0 Å². The Bertz CT molecular complexity index is 640. The first-order valence-corrected chi connectivity index (χ1v) is 8.29. The number of rotatable bonds is 4. The van der Waals surface area contributed by atoms with Crippen LogP contribution in [-0.2, 0) is 14.4 Å². The van der Waals surface area contributed by atoms with Gasteiger partial charge in [0.25, 0.3) is 0 Å². The molecule has 0 aromatic heterocycles. The van der Waals surface area contributed by atoms with Gasteiger partial charge in [-0.2, -0.15) is 0 Å². The van der Waals surface area contributed by atoms with Crippen molar-refractivity contribution in [1.82, 2.24) is 5.06 Å². The molecule has 1 aromatic carbocycles. The topological polar surface area (TPSA) is 55.8 Å². The first kappa shape index (κ1) is 14.7. The van der Waals surface area contributed by atoms with E-state index in [0.29, 0.717) is 30.7 Å². The minimum absolute atomic E-state index is 0.124. The van der Waals surface area contributed by atoms with Crippen LogP contribution in [0, 0.1) is 16.7 Å². The predicted molar refractivity (Wildman–Crippen MR) is 82.3 cm³/mol. The van der Waals surface area contributed by atoms with Gasteiger partial charge in [0, 0.05) is 6.54 Å². The summed E-state index contributed by atoms with van der Waals surface area (Å²) in [4.78, 5) is 30.2. The van der Waals surface area contributed by atoms with Crippen LogP contribution in [0.25, 0.3) is 0 Å². The number of hydrogen-bond acceptors (Lipinski definition) is 5. The number of ether oxygens (including phenoxy) is 1. The highest BCUT2D eigenvalue weighted by molar-refractivity contribution is 5.89. The van der Waals surface area contributed by atoms with Gasteiger partial charge in [-0.3, -0.25) is 4.79 Å². The molecule has 5 nitrogen and oxygen atoms in total. The second-order valence-electron chi connectivity index (χ2n) is 7.04. The second kappa shape index (κ2) is 5.06. The van der Waals surface area contributed by atoms with E-state index in [1.165, 1.54) is 12.8 Å². The Kier molecular flexibility index (Phi) is 3.23. The molecule has 0 unspecified atom stereocenters. The van der Waals surface area contributed by atoms with Gasteiger partial charge in [-0.25, -0.2) is 4.79 Å². The first-order valence-electron chi connectivity index (χ1n) is 8.29. The molecule has 5 heteroatoms. The van der Waals surface area contributed by atoms with Gasteiger partial charge < -0.3 is 9.57 Å². The molecule has 0 amide bonds. The number of benzene rings is 1. The van der Waals surface area contributed by atoms with E-state index in [2.05, 4.69) is 0 Å². The minimum atomic E-state index is -0.469. The summed E-state index contributed by atoms with van der Waals surface area (Å²) in [5, 5.41) is 1.67. The number of carbonyl (C=O) groups is 2. The van der Waals surface area contributed by atoms with Crippen molar-refractivity contribution >= 4 is 11.9 Å². The normalized spacial score (nSPS) is 30.4. The Hall–Kier alpha value is -1.88. The van der Waals surface area contributed by atoms with Crippen LogP contribution in [-0.4, -0.2) is 36.7 Å². The van der Waals surface area contributed by atoms with Crippen LogP contribution in [0.4, 0.5) is 0 Å². The lowest BCUT2D eigenvalue weighted by atomic mass is 9.53. The molecule has 3 aliphatic rings. The van der Waals surface area contributed by atoms with Gasteiger partial charge in [-0.15, -0.1) is 5.06 Å². The fraction of sp³-hybridized carbons (Fsp3) is 0.556. The van der Waals surface area contributed by atoms with Crippen molar-refractivity contribution in [2.45, 2.75) is 26.2 Å². The average molecular weight is 315 g/mol. The Balaban J connectivity index is 1.48. The molecule has 1 aromatic rings. The fourth-order valence-corrected chi connectivity index (χ4v) is 4.50. The molecule has 1 aliphatic heterocycles. The number of hydrogen-bond donors (Lipinski definition) is 0. The van der Waals surface area contributed by atoms with Crippen molar-refractivity contribution in [3.63, 3.8) is 0 Å². The highest BCUT2D eigenvalue weighted by atomic mass is 16.7. The zero-order valence-electron chi connectivity index (χ0n) is 13.3. The molecule has 1 spiro atoms. The molecular formula is C18H21NO4. The van der Waals surface area contributed by atoms with E-state index in [4.69, 9.17) is 9.57 Å². The summed E-state index contributed by atoms with van der Waals surface area (Å²) >= 11 is 0. The SMILES string of the molecule is CCOC(=O)[C@]12CN(OC(=O)c3ccccc3)C[C@H]1C1(CC1)C2. The van der Waals surface area contributed by atoms with Gasteiger partial charge in [0.2, 0.25) is 0 Å². The van der Waals surface area contributed by atoms with E-state index in [-0.39, 0.29) is 17.9 Å². The molecule has 3 fully saturated rings. The lowest BCUT2D eigenvalue weighted by Crippen LogP contribution is -2.54. The van der Waals surface area contributed by atoms with Crippen LogP contribution >= 0.6 is 0 Å². The number of nitrogens with zero attached hydrogens (tertiary/aromatic N) is 1. The fourth-order valence-electron chi connectivity index (χ4n) is 4.50. The summed E-state index contributed by atoms with van der Waals surface area (Å²) in [5.74, 6) is -0.228. The molecular weight excluding hydrogens is 294 g/mol. The number of hydroxylamine groups is 2. The number of esters is 1. The van der Waals surface area contributed by atoms with Crippen LogP contribution < -0.4 is 0 Å². The van der Waals surface area contributed by atoms with Gasteiger partial charge in [0.1, 0.15) is 0 Å². The summed E-state index contributed by atoms with van der Waals surface area (Å²) in [7, 11) is 0. The molecule has 2 aliphatic carbocycles. The number of fused-ring (bicyclic) bond motifs is 2. The van der Waals surface area contributed by atoms with Gasteiger partial charge >= 0.3 is 11.9 Å². The largest absolute Gasteiger partial charge is 0.466 e. The van der Waals surface area contributed by atoms with E-state index in [1.54, 1.807) is 17.2 Å². The van der Waals surface area contributed by atoms with Crippen LogP contribution in [0.5, 0.6) is 0 Å². The van der Waals surface area contributed by atoms with E-state index < -0.39 is 5.41 Å². The third-order valence-electron chi connectivity index (χ3n) is 5.71. The monoisotopic (exact) mass is 315 g/mol. The third-order valence-corrected chi connectivity index (χ3v) is 5.71. The molecule has 4 rings (SSSR count). The molecule has 0 N–H and O–H groups in total. The maximum Gasteiger partial charge on any atom is 0.357 e. The molecule has 0 radical (unpaired) electrons. The average Bonchev–Trinajstić information content (AvgIpc) is 3.29. The zero-order valence-corrected chi connectivity index (χ0v) is 13.3. The van der Waals surface area contributed by atoms with E-state index in [0.717, 1.165) is 6.42 Å². The van der Waals surface area contributed by atoms with Crippen molar-refractivity contribution in [2.24, 2.45) is 16.7 Å². The Labute approximate surface area is 135 Å². The highest BCUT2D eigenvalue weighted by Crippen LogP contribution is 2.74. The summed E-state index contributed by atoms with van der Waals surface area (Å²) in [6.07, 6.45) is 3.24. The summed E-state index contributed by atoms with van der Waals surface area (Å²) in [5.41, 5.74) is 0.363. The van der Waals surface area contributed by atoms with Crippen molar-refractivity contribution in [2.75, 3.05) is 19.7 Å². The van der Waals surface area contributed by atoms with E-state index in [1.807, 2.05) is 25.1 Å². The quantitative estimate of drug-likeness (QED) is 0.799. The Morgan fingerprint density at radius 2 is 2.00 bits per heavy atom. The molecule has 23 heavy (non-hydrogen) atoms. The Morgan fingerprint density at radius 1 is 1.26 bits per heavy atom. The smallest absolute Gasteiger partial charge is 0.357 e. The maximum absolute atomic E-state index is 12.5. The number of carbonyl (C=O) groups excluding carboxylic acids is 2. The van der Waals surface area contributed by atoms with E-state index >= 15 is 0 Å². The molecule has 2 saturated carbocycles. The predicted octanol–water partition coefficient (Wildman–Crippen LogP) is 2.42. The minimum Gasteiger partial charge on any atom is -0.466 e.